The van der Waals surface area contributed by atoms with Gasteiger partial charge in [0.1, 0.15) is 18.1 Å². The van der Waals surface area contributed by atoms with Crippen LogP contribution in [0.1, 0.15) is 55.6 Å². The number of H-pyrrole nitrogens is 1. The first-order valence-electron chi connectivity index (χ1n) is 9.24. The molecule has 1 heterocycles. The third kappa shape index (κ3) is 3.48. The lowest BCUT2D eigenvalue weighted by molar-refractivity contribution is 0.0465. The molecule has 0 saturated carbocycles. The minimum absolute atomic E-state index is 0.00793. The molecular formula is C23H20FNO3. The first kappa shape index (κ1) is 18.2. The number of rotatable bonds is 4. The maximum Gasteiger partial charge on any atom is 0.355 e. The normalized spacial score (nSPS) is 15.9. The van der Waals surface area contributed by atoms with Crippen molar-refractivity contribution in [2.75, 3.05) is 0 Å². The largest absolute Gasteiger partial charge is 0.456 e. The fourth-order valence-electron chi connectivity index (χ4n) is 3.80. The molecule has 1 aliphatic rings. The zero-order valence-electron chi connectivity index (χ0n) is 15.5. The fraction of sp³-hybridized carbons (Fsp3) is 0.217. The number of halogens is 1. The Morgan fingerprint density at radius 1 is 1.11 bits per heavy atom. The zero-order chi connectivity index (χ0) is 19.7. The summed E-state index contributed by atoms with van der Waals surface area (Å²) in [6.07, 6.45) is 0.940. The van der Waals surface area contributed by atoms with E-state index in [9.17, 15) is 14.0 Å². The molecule has 0 amide bonds. The first-order chi connectivity index (χ1) is 13.5. The predicted molar refractivity (Wildman–Crippen MR) is 103 cm³/mol. The Balaban J connectivity index is 1.55. The molecule has 0 bridgehead atoms. The van der Waals surface area contributed by atoms with Gasteiger partial charge in [-0.05, 0) is 48.1 Å². The summed E-state index contributed by atoms with van der Waals surface area (Å²) in [7, 11) is 0. The monoisotopic (exact) mass is 377 g/mol. The maximum absolute atomic E-state index is 13.2. The SMILES string of the molecule is Cc1c(C(=O)OCc2ccccc2)[nH]c2c1C(=O)CC(c1ccc(F)cc1)C2. The Bertz CT molecular complexity index is 1020. The Kier molecular flexibility index (Phi) is 4.82. The summed E-state index contributed by atoms with van der Waals surface area (Å²) in [4.78, 5) is 28.4. The van der Waals surface area contributed by atoms with E-state index < -0.39 is 5.97 Å². The van der Waals surface area contributed by atoms with Gasteiger partial charge in [0.25, 0.3) is 0 Å². The number of nitrogens with one attached hydrogen (secondary N) is 1. The van der Waals surface area contributed by atoms with E-state index in [-0.39, 0.29) is 24.1 Å². The highest BCUT2D eigenvalue weighted by Gasteiger charge is 2.32. The summed E-state index contributed by atoms with van der Waals surface area (Å²) in [5.74, 6) is -0.814. The van der Waals surface area contributed by atoms with Crippen LogP contribution >= 0.6 is 0 Å². The third-order valence-electron chi connectivity index (χ3n) is 5.25. The molecule has 0 saturated heterocycles. The van der Waals surface area contributed by atoms with Gasteiger partial charge in [0, 0.05) is 17.7 Å². The molecule has 4 nitrogen and oxygen atoms in total. The van der Waals surface area contributed by atoms with Gasteiger partial charge in [0.2, 0.25) is 0 Å². The summed E-state index contributed by atoms with van der Waals surface area (Å²) in [5.41, 5.74) is 4.11. The summed E-state index contributed by atoms with van der Waals surface area (Å²) >= 11 is 0. The number of esters is 1. The average Bonchev–Trinajstić information content (AvgIpc) is 3.04. The summed E-state index contributed by atoms with van der Waals surface area (Å²) in [6.45, 7) is 1.94. The molecule has 1 aliphatic carbocycles. The van der Waals surface area contributed by atoms with Crippen molar-refractivity contribution in [2.45, 2.75) is 32.3 Å². The van der Waals surface area contributed by atoms with E-state index in [0.29, 0.717) is 29.7 Å². The lowest BCUT2D eigenvalue weighted by Gasteiger charge is -2.22. The number of fused-ring (bicyclic) bond motifs is 1. The van der Waals surface area contributed by atoms with Crippen LogP contribution < -0.4 is 0 Å². The van der Waals surface area contributed by atoms with Gasteiger partial charge in [-0.25, -0.2) is 9.18 Å². The van der Waals surface area contributed by atoms with Crippen LogP contribution in [0.3, 0.4) is 0 Å². The molecule has 0 radical (unpaired) electrons. The van der Waals surface area contributed by atoms with Crippen LogP contribution in [0.2, 0.25) is 0 Å². The minimum atomic E-state index is -0.470. The standard InChI is InChI=1S/C23H20FNO3/c1-14-21-19(11-17(12-20(21)26)16-7-9-18(24)10-8-16)25-22(14)23(27)28-13-15-5-3-2-4-6-15/h2-10,17,25H,11-13H2,1H3. The number of hydrogen-bond donors (Lipinski definition) is 1. The van der Waals surface area contributed by atoms with Crippen molar-refractivity contribution in [1.29, 1.82) is 0 Å². The van der Waals surface area contributed by atoms with Crippen molar-refractivity contribution in [3.8, 4) is 0 Å². The van der Waals surface area contributed by atoms with Crippen molar-refractivity contribution < 1.29 is 18.7 Å². The lowest BCUT2D eigenvalue weighted by Crippen LogP contribution is -2.18. The molecule has 0 spiro atoms. The van der Waals surface area contributed by atoms with Gasteiger partial charge in [0.15, 0.2) is 5.78 Å². The van der Waals surface area contributed by atoms with Crippen LogP contribution in [0.15, 0.2) is 54.6 Å². The van der Waals surface area contributed by atoms with E-state index in [1.54, 1.807) is 19.1 Å². The van der Waals surface area contributed by atoms with Crippen molar-refractivity contribution in [2.24, 2.45) is 0 Å². The zero-order valence-corrected chi connectivity index (χ0v) is 15.5. The van der Waals surface area contributed by atoms with Gasteiger partial charge >= 0.3 is 5.97 Å². The number of carbonyl (C=O) groups is 2. The molecule has 142 valence electrons. The Labute approximate surface area is 162 Å². The Morgan fingerprint density at radius 3 is 2.54 bits per heavy atom. The molecule has 4 rings (SSSR count). The number of aromatic amines is 1. The second-order valence-corrected chi connectivity index (χ2v) is 7.12. The number of ketones is 1. The average molecular weight is 377 g/mol. The molecule has 1 unspecified atom stereocenters. The van der Waals surface area contributed by atoms with Crippen LogP contribution in [0, 0.1) is 12.7 Å². The highest BCUT2D eigenvalue weighted by atomic mass is 19.1. The van der Waals surface area contributed by atoms with Gasteiger partial charge in [-0.3, -0.25) is 4.79 Å². The summed E-state index contributed by atoms with van der Waals surface area (Å²) in [5, 5.41) is 0. The molecule has 3 aromatic rings. The van der Waals surface area contributed by atoms with Crippen LogP contribution in [0.25, 0.3) is 0 Å². The molecule has 0 fully saturated rings. The van der Waals surface area contributed by atoms with E-state index in [1.165, 1.54) is 12.1 Å². The van der Waals surface area contributed by atoms with Crippen molar-refractivity contribution in [3.63, 3.8) is 0 Å². The van der Waals surface area contributed by atoms with E-state index in [2.05, 4.69) is 4.98 Å². The topological polar surface area (TPSA) is 59.2 Å². The quantitative estimate of drug-likeness (QED) is 0.669. The van der Waals surface area contributed by atoms with Crippen LogP contribution in [-0.2, 0) is 17.8 Å². The summed E-state index contributed by atoms with van der Waals surface area (Å²) < 4.78 is 18.6. The van der Waals surface area contributed by atoms with Crippen LogP contribution in [-0.4, -0.2) is 16.7 Å². The van der Waals surface area contributed by atoms with Crippen LogP contribution in [0.5, 0.6) is 0 Å². The second kappa shape index (κ2) is 7.43. The number of Topliss-reactive ketones (excluding diaryl/α,β-unsaturated/α-hetero) is 1. The smallest absolute Gasteiger partial charge is 0.355 e. The highest BCUT2D eigenvalue weighted by Crippen LogP contribution is 2.35. The highest BCUT2D eigenvalue weighted by molar-refractivity contribution is 6.03. The van der Waals surface area contributed by atoms with Crippen molar-refractivity contribution in [1.82, 2.24) is 4.98 Å². The number of benzene rings is 2. The number of aromatic nitrogens is 1. The third-order valence-corrected chi connectivity index (χ3v) is 5.25. The summed E-state index contributed by atoms with van der Waals surface area (Å²) in [6, 6.07) is 15.7. The molecule has 5 heteroatoms. The van der Waals surface area contributed by atoms with E-state index in [0.717, 1.165) is 16.8 Å². The van der Waals surface area contributed by atoms with Crippen molar-refractivity contribution >= 4 is 11.8 Å². The van der Waals surface area contributed by atoms with E-state index >= 15 is 0 Å². The molecule has 1 atom stereocenters. The predicted octanol–water partition coefficient (Wildman–Crippen LogP) is 4.73. The van der Waals surface area contributed by atoms with Gasteiger partial charge in [-0.1, -0.05) is 42.5 Å². The first-order valence-corrected chi connectivity index (χ1v) is 9.24. The molecule has 1 aromatic heterocycles. The van der Waals surface area contributed by atoms with Gasteiger partial charge in [0.05, 0.1) is 0 Å². The molecule has 0 aliphatic heterocycles. The molecule has 2 aromatic carbocycles. The van der Waals surface area contributed by atoms with Crippen molar-refractivity contribution in [3.05, 3.63) is 94.1 Å². The van der Waals surface area contributed by atoms with Gasteiger partial charge < -0.3 is 9.72 Å². The van der Waals surface area contributed by atoms with Gasteiger partial charge in [-0.15, -0.1) is 0 Å². The van der Waals surface area contributed by atoms with E-state index in [4.69, 9.17) is 4.74 Å². The molecular weight excluding hydrogens is 357 g/mol. The molecule has 28 heavy (non-hydrogen) atoms. The number of carbonyl (C=O) groups excluding carboxylic acids is 2. The van der Waals surface area contributed by atoms with Gasteiger partial charge in [-0.2, -0.15) is 0 Å². The molecule has 1 N–H and O–H groups in total. The Morgan fingerprint density at radius 2 is 1.82 bits per heavy atom. The van der Waals surface area contributed by atoms with E-state index in [1.807, 2.05) is 30.3 Å². The Hall–Kier alpha value is -3.21. The minimum Gasteiger partial charge on any atom is -0.456 e. The maximum atomic E-state index is 13.2. The second-order valence-electron chi connectivity index (χ2n) is 7.12. The number of ether oxygens (including phenoxy) is 1. The fourth-order valence-corrected chi connectivity index (χ4v) is 3.80. The number of hydrogen-bond acceptors (Lipinski definition) is 3. The lowest BCUT2D eigenvalue weighted by atomic mass is 9.81. The van der Waals surface area contributed by atoms with Crippen LogP contribution in [0.4, 0.5) is 4.39 Å².